The molecule has 2 aromatic rings. The van der Waals surface area contributed by atoms with E-state index < -0.39 is 5.79 Å². The fourth-order valence-electron chi connectivity index (χ4n) is 6.16. The minimum Gasteiger partial charge on any atom is -0.382 e. The quantitative estimate of drug-likeness (QED) is 0.459. The van der Waals surface area contributed by atoms with Crippen LogP contribution in [-0.4, -0.2) is 52.2 Å². The third kappa shape index (κ3) is 6.25. The highest BCUT2D eigenvalue weighted by molar-refractivity contribution is 5.99. The molecule has 3 aliphatic heterocycles. The van der Waals surface area contributed by atoms with Crippen LogP contribution in [0.15, 0.2) is 36.0 Å². The molecule has 0 aliphatic carbocycles. The first-order valence-corrected chi connectivity index (χ1v) is 14.7. The Morgan fingerprint density at radius 1 is 1.30 bits per heavy atom. The standard InChI is InChI=1S/C31H42FN5O3/c1-4-8-21-12-13-22(32)19-25(21)26-11-7-17-36(26)23-9-5-6-10-27-28(29(33)35-37(27)18-15-23)30(38)34-16-14-24-20-39-31(2,3)40-24/h9,12-13,15,18-19,24,26H,4-8,10-11,14,16-17,20H2,1-3H3,(H2,33,35)(H,34,38)/t24?,26-/m1/s1. The summed E-state index contributed by atoms with van der Waals surface area (Å²) < 4.78 is 27.5. The number of hydrogen-bond acceptors (Lipinski definition) is 6. The van der Waals surface area contributed by atoms with Gasteiger partial charge in [0, 0.05) is 25.0 Å². The number of carbonyl (C=O) groups excluding carboxylic acids is 1. The van der Waals surface area contributed by atoms with Crippen LogP contribution >= 0.6 is 0 Å². The Morgan fingerprint density at radius 2 is 2.15 bits per heavy atom. The van der Waals surface area contributed by atoms with Gasteiger partial charge in [0.1, 0.15) is 11.4 Å². The first kappa shape index (κ1) is 28.4. The van der Waals surface area contributed by atoms with E-state index in [0.29, 0.717) is 31.6 Å². The van der Waals surface area contributed by atoms with Gasteiger partial charge in [-0.25, -0.2) is 9.07 Å². The summed E-state index contributed by atoms with van der Waals surface area (Å²) in [5.74, 6) is -0.751. The van der Waals surface area contributed by atoms with Gasteiger partial charge < -0.3 is 25.4 Å². The van der Waals surface area contributed by atoms with Crippen LogP contribution in [0.5, 0.6) is 0 Å². The van der Waals surface area contributed by atoms with Crippen molar-refractivity contribution in [3.63, 3.8) is 0 Å². The molecule has 4 heterocycles. The zero-order valence-electron chi connectivity index (χ0n) is 23.9. The van der Waals surface area contributed by atoms with Gasteiger partial charge in [0.2, 0.25) is 0 Å². The van der Waals surface area contributed by atoms with E-state index in [-0.39, 0.29) is 29.7 Å². The van der Waals surface area contributed by atoms with E-state index in [4.69, 9.17) is 15.2 Å². The maximum absolute atomic E-state index is 14.3. The number of halogens is 1. The summed E-state index contributed by atoms with van der Waals surface area (Å²) >= 11 is 0. The molecule has 0 spiro atoms. The number of anilines is 1. The summed E-state index contributed by atoms with van der Waals surface area (Å²) in [6.07, 6.45) is 13.2. The van der Waals surface area contributed by atoms with Crippen LogP contribution in [0, 0.1) is 5.82 Å². The first-order valence-electron chi connectivity index (χ1n) is 14.7. The second-order valence-corrected chi connectivity index (χ2v) is 11.4. The van der Waals surface area contributed by atoms with Gasteiger partial charge in [-0.2, -0.15) is 5.10 Å². The Balaban J connectivity index is 1.32. The lowest BCUT2D eigenvalue weighted by Gasteiger charge is -2.30. The third-order valence-corrected chi connectivity index (χ3v) is 8.01. The largest absolute Gasteiger partial charge is 0.382 e. The topological polar surface area (TPSA) is 94.6 Å². The van der Waals surface area contributed by atoms with Crippen LogP contribution in [-0.2, 0) is 22.3 Å². The molecule has 3 N–H and O–H groups in total. The molecule has 8 nitrogen and oxygen atoms in total. The molecule has 0 radical (unpaired) electrons. The smallest absolute Gasteiger partial charge is 0.256 e. The number of benzene rings is 1. The van der Waals surface area contributed by atoms with Crippen molar-refractivity contribution in [2.45, 2.75) is 90.1 Å². The van der Waals surface area contributed by atoms with E-state index in [1.165, 1.54) is 5.56 Å². The summed E-state index contributed by atoms with van der Waals surface area (Å²) in [6, 6.07) is 5.37. The summed E-state index contributed by atoms with van der Waals surface area (Å²) in [5.41, 5.74) is 11.0. The Hall–Kier alpha value is -3.17. The lowest BCUT2D eigenvalue weighted by molar-refractivity contribution is -0.138. The zero-order valence-corrected chi connectivity index (χ0v) is 23.9. The number of aryl methyl sites for hydroxylation is 1. The molecular formula is C31H42FN5O3. The van der Waals surface area contributed by atoms with Crippen molar-refractivity contribution in [1.82, 2.24) is 20.0 Å². The van der Waals surface area contributed by atoms with Gasteiger partial charge in [0.25, 0.3) is 5.91 Å². The number of carbonyl (C=O) groups is 1. The van der Waals surface area contributed by atoms with Crippen molar-refractivity contribution in [2.75, 3.05) is 25.4 Å². The predicted octanol–water partition coefficient (Wildman–Crippen LogP) is 5.36. The molecule has 2 saturated heterocycles. The molecule has 9 heteroatoms. The number of fused-ring (bicyclic) bond motifs is 1. The lowest BCUT2D eigenvalue weighted by atomic mass is 9.95. The molecule has 1 amide bonds. The Bertz CT molecular complexity index is 1280. The average Bonchev–Trinajstić information content (AvgIpc) is 3.62. The SMILES string of the molecule is CCCc1ccc(F)cc1[C@H]1CCCN1C1=CCCCc2c(C(=O)NCCC3COC(C)(C)O3)c(N)nn2C=C1. The molecule has 0 bridgehead atoms. The maximum atomic E-state index is 14.3. The highest BCUT2D eigenvalue weighted by atomic mass is 19.1. The van der Waals surface area contributed by atoms with Gasteiger partial charge in [0.05, 0.1) is 24.4 Å². The van der Waals surface area contributed by atoms with Crippen LogP contribution < -0.4 is 11.1 Å². The number of nitrogens with zero attached hydrogens (tertiary/aromatic N) is 3. The van der Waals surface area contributed by atoms with Crippen molar-refractivity contribution in [1.29, 1.82) is 0 Å². The molecule has 1 aromatic carbocycles. The first-order chi connectivity index (χ1) is 19.3. The second-order valence-electron chi connectivity index (χ2n) is 11.4. The molecule has 40 heavy (non-hydrogen) atoms. The van der Waals surface area contributed by atoms with Gasteiger partial charge in [-0.1, -0.05) is 25.5 Å². The molecule has 3 aliphatic rings. The Kier molecular flexibility index (Phi) is 8.61. The summed E-state index contributed by atoms with van der Waals surface area (Å²) in [5, 5.41) is 7.51. The number of ether oxygens (including phenoxy) is 2. The molecule has 1 unspecified atom stereocenters. The minimum absolute atomic E-state index is 0.0452. The van der Waals surface area contributed by atoms with E-state index in [0.717, 1.165) is 62.0 Å². The van der Waals surface area contributed by atoms with Gasteiger partial charge >= 0.3 is 0 Å². The van der Waals surface area contributed by atoms with E-state index in [1.807, 2.05) is 26.1 Å². The van der Waals surface area contributed by atoms with E-state index in [9.17, 15) is 9.18 Å². The number of hydrogen-bond donors (Lipinski definition) is 2. The average molecular weight is 552 g/mol. The highest BCUT2D eigenvalue weighted by Crippen LogP contribution is 2.38. The number of nitrogen functional groups attached to an aromatic ring is 1. The second kappa shape index (κ2) is 12.1. The van der Waals surface area contributed by atoms with Crippen LogP contribution in [0.1, 0.15) is 92.5 Å². The van der Waals surface area contributed by atoms with Gasteiger partial charge in [-0.3, -0.25) is 4.79 Å². The number of rotatable bonds is 8. The molecule has 1 aromatic heterocycles. The molecule has 5 rings (SSSR count). The number of aromatic nitrogens is 2. The third-order valence-electron chi connectivity index (χ3n) is 8.01. The van der Waals surface area contributed by atoms with E-state index in [1.54, 1.807) is 16.8 Å². The Labute approximate surface area is 236 Å². The molecule has 0 saturated carbocycles. The van der Waals surface area contributed by atoms with Crippen molar-refractivity contribution >= 4 is 17.9 Å². The van der Waals surface area contributed by atoms with Gasteiger partial charge in [0.15, 0.2) is 11.6 Å². The minimum atomic E-state index is -0.580. The van der Waals surface area contributed by atoms with Crippen molar-refractivity contribution in [3.8, 4) is 0 Å². The van der Waals surface area contributed by atoms with E-state index >= 15 is 0 Å². The normalized spacial score (nSPS) is 22.4. The molecular weight excluding hydrogens is 509 g/mol. The fraction of sp³-hybridized carbons (Fsp3) is 0.548. The lowest BCUT2D eigenvalue weighted by Crippen LogP contribution is -2.29. The number of nitrogens with one attached hydrogen (secondary N) is 1. The predicted molar refractivity (Wildman–Crippen MR) is 154 cm³/mol. The van der Waals surface area contributed by atoms with Crippen LogP contribution in [0.3, 0.4) is 0 Å². The summed E-state index contributed by atoms with van der Waals surface area (Å²) in [4.78, 5) is 15.6. The molecule has 2 atom stereocenters. The van der Waals surface area contributed by atoms with Crippen LogP contribution in [0.25, 0.3) is 6.20 Å². The highest BCUT2D eigenvalue weighted by Gasteiger charge is 2.33. The summed E-state index contributed by atoms with van der Waals surface area (Å²) in [6.45, 7) is 7.84. The maximum Gasteiger partial charge on any atom is 0.256 e. The monoisotopic (exact) mass is 551 g/mol. The number of allylic oxidation sites excluding steroid dienone is 2. The number of nitrogens with two attached hydrogens (primary N) is 1. The van der Waals surface area contributed by atoms with E-state index in [2.05, 4.69) is 34.4 Å². The van der Waals surface area contributed by atoms with Crippen molar-refractivity contribution < 1.29 is 18.7 Å². The molecule has 216 valence electrons. The van der Waals surface area contributed by atoms with Crippen molar-refractivity contribution in [2.24, 2.45) is 0 Å². The fourth-order valence-corrected chi connectivity index (χ4v) is 6.16. The van der Waals surface area contributed by atoms with Gasteiger partial charge in [-0.15, -0.1) is 0 Å². The number of amides is 1. The zero-order chi connectivity index (χ0) is 28.3. The van der Waals surface area contributed by atoms with Crippen LogP contribution in [0.4, 0.5) is 10.2 Å². The van der Waals surface area contributed by atoms with Crippen LogP contribution in [0.2, 0.25) is 0 Å². The van der Waals surface area contributed by atoms with Gasteiger partial charge in [-0.05, 0) is 88.1 Å². The molecule has 2 fully saturated rings. The van der Waals surface area contributed by atoms with Crippen molar-refractivity contribution in [3.05, 3.63) is 64.2 Å². The Morgan fingerprint density at radius 3 is 2.92 bits per heavy atom. The number of likely N-dealkylation sites (tertiary alicyclic amines) is 1. The summed E-state index contributed by atoms with van der Waals surface area (Å²) in [7, 11) is 0.